The molecular weight excluding hydrogens is 332 g/mol. The summed E-state index contributed by atoms with van der Waals surface area (Å²) < 4.78 is 17.3. The van der Waals surface area contributed by atoms with Crippen LogP contribution in [0.3, 0.4) is 0 Å². The lowest BCUT2D eigenvalue weighted by Gasteiger charge is -2.41. The van der Waals surface area contributed by atoms with Crippen LogP contribution in [-0.2, 0) is 27.4 Å². The fourth-order valence-electron chi connectivity index (χ4n) is 3.04. The van der Waals surface area contributed by atoms with Gasteiger partial charge in [0.25, 0.3) is 0 Å². The molecule has 0 saturated carbocycles. The Morgan fingerprint density at radius 1 is 0.885 bits per heavy atom. The lowest BCUT2D eigenvalue weighted by Crippen LogP contribution is -2.56. The molecule has 1 aliphatic heterocycles. The molecule has 1 unspecified atom stereocenters. The van der Waals surface area contributed by atoms with Gasteiger partial charge >= 0.3 is 0 Å². The maximum Gasteiger partial charge on any atom is 0.160 e. The summed E-state index contributed by atoms with van der Waals surface area (Å²) in [6.07, 6.45) is -2.97. The lowest BCUT2D eigenvalue weighted by molar-refractivity contribution is -0.280. The third-order valence-corrected chi connectivity index (χ3v) is 4.68. The van der Waals surface area contributed by atoms with E-state index in [1.54, 1.807) is 6.92 Å². The molecule has 1 aliphatic rings. The van der Waals surface area contributed by atoms with Crippen LogP contribution >= 0.6 is 0 Å². The largest absolute Gasteiger partial charge is 0.390 e. The maximum atomic E-state index is 10.6. The smallest absolute Gasteiger partial charge is 0.160 e. The minimum atomic E-state index is -1.04. The molecule has 3 rings (SSSR count). The quantitative estimate of drug-likeness (QED) is 0.796. The fourth-order valence-corrected chi connectivity index (χ4v) is 3.04. The van der Waals surface area contributed by atoms with E-state index in [4.69, 9.17) is 14.2 Å². The molecule has 1 fully saturated rings. The molecule has 0 bridgehead atoms. The Morgan fingerprint density at radius 3 is 2.08 bits per heavy atom. The van der Waals surface area contributed by atoms with Crippen molar-refractivity contribution in [1.29, 1.82) is 0 Å². The lowest BCUT2D eigenvalue weighted by atomic mass is 9.92. The molecule has 0 aliphatic carbocycles. The fraction of sp³-hybridized carbons (Fsp3) is 0.429. The van der Waals surface area contributed by atoms with E-state index in [2.05, 4.69) is 0 Å². The average Bonchev–Trinajstić information content (AvgIpc) is 2.67. The van der Waals surface area contributed by atoms with Crippen LogP contribution in [0.25, 0.3) is 0 Å². The van der Waals surface area contributed by atoms with Crippen molar-refractivity contribution >= 4 is 0 Å². The number of benzene rings is 2. The molecule has 0 spiro atoms. The number of aliphatic hydroxyl groups is 2. The van der Waals surface area contributed by atoms with Crippen LogP contribution in [-0.4, -0.2) is 41.4 Å². The van der Waals surface area contributed by atoms with E-state index in [0.29, 0.717) is 13.2 Å². The van der Waals surface area contributed by atoms with Gasteiger partial charge in [-0.25, -0.2) is 0 Å². The molecule has 0 amide bonds. The van der Waals surface area contributed by atoms with Gasteiger partial charge in [0.1, 0.15) is 12.2 Å². The van der Waals surface area contributed by atoms with Crippen molar-refractivity contribution in [2.75, 3.05) is 6.61 Å². The van der Waals surface area contributed by atoms with Crippen molar-refractivity contribution in [3.8, 4) is 0 Å². The first-order valence-electron chi connectivity index (χ1n) is 8.94. The molecule has 0 aromatic heterocycles. The highest BCUT2D eigenvalue weighted by atomic mass is 16.6. The van der Waals surface area contributed by atoms with Crippen LogP contribution in [0.2, 0.25) is 0 Å². The third-order valence-electron chi connectivity index (χ3n) is 4.68. The summed E-state index contributed by atoms with van der Waals surface area (Å²) in [7, 11) is 0. The zero-order valence-corrected chi connectivity index (χ0v) is 14.9. The molecule has 5 nitrogen and oxygen atoms in total. The normalized spacial score (nSPS) is 28.8. The van der Waals surface area contributed by atoms with Gasteiger partial charge in [-0.3, -0.25) is 0 Å². The predicted molar refractivity (Wildman–Crippen MR) is 97.2 cm³/mol. The number of ether oxygens (including phenoxy) is 3. The molecule has 2 N–H and O–H groups in total. The second-order valence-electron chi connectivity index (χ2n) is 6.68. The predicted octanol–water partition coefficient (Wildman–Crippen LogP) is 2.50. The van der Waals surface area contributed by atoms with E-state index in [-0.39, 0.29) is 6.61 Å². The van der Waals surface area contributed by atoms with Crippen molar-refractivity contribution < 1.29 is 24.4 Å². The first-order valence-corrected chi connectivity index (χ1v) is 8.94. The summed E-state index contributed by atoms with van der Waals surface area (Å²) in [6, 6.07) is 19.6. The highest BCUT2D eigenvalue weighted by Gasteiger charge is 2.43. The van der Waals surface area contributed by atoms with Crippen LogP contribution in [0.15, 0.2) is 60.7 Å². The van der Waals surface area contributed by atoms with Gasteiger partial charge in [0, 0.05) is 5.92 Å². The summed E-state index contributed by atoms with van der Waals surface area (Å²) in [5, 5.41) is 20.6. The van der Waals surface area contributed by atoms with Gasteiger partial charge in [0.15, 0.2) is 6.29 Å². The number of hydrogen-bond acceptors (Lipinski definition) is 5. The topological polar surface area (TPSA) is 68.2 Å². The van der Waals surface area contributed by atoms with E-state index in [0.717, 1.165) is 11.1 Å². The molecule has 140 valence electrons. The van der Waals surface area contributed by atoms with Crippen LogP contribution in [0.5, 0.6) is 0 Å². The molecule has 2 aromatic carbocycles. The van der Waals surface area contributed by atoms with E-state index < -0.39 is 30.5 Å². The summed E-state index contributed by atoms with van der Waals surface area (Å²) in [6.45, 7) is 2.78. The minimum Gasteiger partial charge on any atom is -0.390 e. The number of hydrogen-bond donors (Lipinski definition) is 2. The van der Waals surface area contributed by atoms with Crippen molar-refractivity contribution in [2.24, 2.45) is 5.92 Å². The van der Waals surface area contributed by atoms with Crippen molar-refractivity contribution in [1.82, 2.24) is 0 Å². The van der Waals surface area contributed by atoms with Gasteiger partial charge in [0.2, 0.25) is 0 Å². The van der Waals surface area contributed by atoms with Crippen LogP contribution in [0.1, 0.15) is 18.1 Å². The molecule has 1 saturated heterocycles. The van der Waals surface area contributed by atoms with Crippen molar-refractivity contribution in [3.63, 3.8) is 0 Å². The molecular formula is C21H26O5. The Morgan fingerprint density at radius 2 is 1.46 bits per heavy atom. The van der Waals surface area contributed by atoms with Crippen LogP contribution < -0.4 is 0 Å². The molecule has 5 atom stereocenters. The Bertz CT molecular complexity index is 648. The van der Waals surface area contributed by atoms with Crippen LogP contribution in [0.4, 0.5) is 0 Å². The van der Waals surface area contributed by atoms with Crippen molar-refractivity contribution in [3.05, 3.63) is 71.8 Å². The highest BCUT2D eigenvalue weighted by Crippen LogP contribution is 2.28. The van der Waals surface area contributed by atoms with Gasteiger partial charge in [-0.2, -0.15) is 0 Å². The highest BCUT2D eigenvalue weighted by molar-refractivity contribution is 5.14. The number of aliphatic hydroxyl groups excluding tert-OH is 2. The Kier molecular flexibility index (Phi) is 6.77. The second-order valence-corrected chi connectivity index (χ2v) is 6.68. The Hall–Kier alpha value is -1.76. The van der Waals surface area contributed by atoms with Gasteiger partial charge in [-0.1, -0.05) is 67.6 Å². The van der Waals surface area contributed by atoms with E-state index >= 15 is 0 Å². The van der Waals surface area contributed by atoms with Gasteiger partial charge in [-0.15, -0.1) is 0 Å². The van der Waals surface area contributed by atoms with E-state index in [9.17, 15) is 10.2 Å². The Balaban J connectivity index is 1.59. The van der Waals surface area contributed by atoms with E-state index in [1.807, 2.05) is 60.7 Å². The molecule has 5 heteroatoms. The van der Waals surface area contributed by atoms with Crippen LogP contribution in [0, 0.1) is 5.92 Å². The molecule has 26 heavy (non-hydrogen) atoms. The first kappa shape index (κ1) is 19.0. The third kappa shape index (κ3) is 4.90. The summed E-state index contributed by atoms with van der Waals surface area (Å²) >= 11 is 0. The van der Waals surface area contributed by atoms with Gasteiger partial charge in [0.05, 0.1) is 25.9 Å². The molecule has 0 radical (unpaired) electrons. The summed E-state index contributed by atoms with van der Waals surface area (Å²) in [4.78, 5) is 0. The van der Waals surface area contributed by atoms with Crippen molar-refractivity contribution in [2.45, 2.75) is 44.7 Å². The van der Waals surface area contributed by atoms with Gasteiger partial charge in [-0.05, 0) is 11.1 Å². The van der Waals surface area contributed by atoms with Gasteiger partial charge < -0.3 is 24.4 Å². The standard InChI is InChI=1S/C21H26O5/c1-15-19(22)20(25-13-17-10-6-3-7-11-17)18(26-21(15)23)14-24-12-16-8-4-2-5-9-16/h2-11,15,18-23H,12-14H2,1H3/t15-,18+,19+,20+,21?/m0/s1. The SMILES string of the molecule is C[C@@H]1C(O)O[C@H](COCc2ccccc2)[C@@H](OCc2ccccc2)[C@@H]1O. The molecule has 1 heterocycles. The average molecular weight is 358 g/mol. The number of rotatable bonds is 7. The zero-order chi connectivity index (χ0) is 18.4. The van der Waals surface area contributed by atoms with E-state index in [1.165, 1.54) is 0 Å². The molecule has 2 aromatic rings. The summed E-state index contributed by atoms with van der Waals surface area (Å²) in [5.41, 5.74) is 2.07. The first-order chi connectivity index (χ1) is 12.6. The monoisotopic (exact) mass is 358 g/mol. The Labute approximate surface area is 154 Å². The zero-order valence-electron chi connectivity index (χ0n) is 14.9. The minimum absolute atomic E-state index is 0.231. The maximum absolute atomic E-state index is 10.6. The second kappa shape index (κ2) is 9.26. The summed E-state index contributed by atoms with van der Waals surface area (Å²) in [5.74, 6) is -0.429.